The summed E-state index contributed by atoms with van der Waals surface area (Å²) in [6, 6.07) is 11.0. The third-order valence-corrected chi connectivity index (χ3v) is 4.95. The van der Waals surface area contributed by atoms with Gasteiger partial charge in [-0.2, -0.15) is 0 Å². The molecule has 1 aliphatic rings. The van der Waals surface area contributed by atoms with Gasteiger partial charge in [0.1, 0.15) is 18.0 Å². The van der Waals surface area contributed by atoms with Gasteiger partial charge in [-0.05, 0) is 24.3 Å². The van der Waals surface area contributed by atoms with Crippen molar-refractivity contribution in [3.8, 4) is 0 Å². The van der Waals surface area contributed by atoms with Gasteiger partial charge in [0.05, 0.1) is 10.5 Å². The number of anilines is 3. The molecule has 3 heterocycles. The summed E-state index contributed by atoms with van der Waals surface area (Å²) in [5, 5.41) is 11.8. The Kier molecular flexibility index (Phi) is 6.01. The molecule has 12 heteroatoms. The second-order valence-corrected chi connectivity index (χ2v) is 6.87. The molecule has 2 aromatic heterocycles. The molecule has 0 radical (unpaired) electrons. The summed E-state index contributed by atoms with van der Waals surface area (Å²) < 4.78 is 13.8. The number of carbonyl (C=O) groups is 1. The van der Waals surface area contributed by atoms with Crippen molar-refractivity contribution in [2.45, 2.75) is 0 Å². The van der Waals surface area contributed by atoms with Crippen LogP contribution in [0.1, 0.15) is 10.4 Å². The summed E-state index contributed by atoms with van der Waals surface area (Å²) in [6.07, 6.45) is 2.88. The number of hydrazine groups is 1. The van der Waals surface area contributed by atoms with Crippen LogP contribution in [0.15, 0.2) is 55.0 Å². The summed E-state index contributed by atoms with van der Waals surface area (Å²) in [7, 11) is 0. The van der Waals surface area contributed by atoms with Crippen LogP contribution < -0.4 is 20.7 Å². The molecule has 11 nitrogen and oxygen atoms in total. The van der Waals surface area contributed by atoms with Crippen molar-refractivity contribution < 1.29 is 14.1 Å². The summed E-state index contributed by atoms with van der Waals surface area (Å²) in [6.45, 7) is 2.17. The molecule has 4 rings (SSSR count). The first-order valence-corrected chi connectivity index (χ1v) is 9.76. The molecule has 32 heavy (non-hydrogen) atoms. The van der Waals surface area contributed by atoms with Gasteiger partial charge in [-0.3, -0.25) is 25.8 Å². The van der Waals surface area contributed by atoms with E-state index in [-0.39, 0.29) is 22.9 Å². The number of halogens is 1. The fourth-order valence-corrected chi connectivity index (χ4v) is 3.38. The number of nitrogens with zero attached hydrogens (tertiary/aromatic N) is 6. The molecule has 1 saturated heterocycles. The third-order valence-electron chi connectivity index (χ3n) is 4.95. The van der Waals surface area contributed by atoms with Crippen LogP contribution in [-0.4, -0.2) is 52.0 Å². The van der Waals surface area contributed by atoms with E-state index < -0.39 is 16.6 Å². The molecule has 1 fully saturated rings. The minimum atomic E-state index is -0.790. The van der Waals surface area contributed by atoms with Crippen LogP contribution in [0.3, 0.4) is 0 Å². The number of amides is 1. The van der Waals surface area contributed by atoms with Crippen molar-refractivity contribution in [3.63, 3.8) is 0 Å². The van der Waals surface area contributed by atoms with Gasteiger partial charge >= 0.3 is 5.69 Å². The molecular weight excluding hydrogens is 419 g/mol. The van der Waals surface area contributed by atoms with Gasteiger partial charge < -0.3 is 9.80 Å². The number of piperazine rings is 1. The van der Waals surface area contributed by atoms with E-state index in [4.69, 9.17) is 0 Å². The van der Waals surface area contributed by atoms with Crippen LogP contribution in [0.25, 0.3) is 0 Å². The minimum absolute atomic E-state index is 0.133. The minimum Gasteiger partial charge on any atom is -0.353 e. The average Bonchev–Trinajstić information content (AvgIpc) is 2.83. The molecule has 3 aromatic rings. The Balaban J connectivity index is 1.49. The molecule has 1 aliphatic heterocycles. The number of benzene rings is 1. The van der Waals surface area contributed by atoms with Gasteiger partial charge in [-0.1, -0.05) is 18.2 Å². The molecule has 0 atom stereocenters. The smallest absolute Gasteiger partial charge is 0.353 e. The van der Waals surface area contributed by atoms with Crippen molar-refractivity contribution in [3.05, 3.63) is 76.5 Å². The summed E-state index contributed by atoms with van der Waals surface area (Å²) in [5.41, 5.74) is 4.09. The number of rotatable bonds is 6. The average molecular weight is 438 g/mol. The fourth-order valence-electron chi connectivity index (χ4n) is 3.38. The lowest BCUT2D eigenvalue weighted by Crippen LogP contribution is -2.47. The number of hydrogen-bond acceptors (Lipinski definition) is 9. The molecule has 0 bridgehead atoms. The van der Waals surface area contributed by atoms with Gasteiger partial charge in [0.15, 0.2) is 0 Å². The predicted octanol–water partition coefficient (Wildman–Crippen LogP) is 2.00. The van der Waals surface area contributed by atoms with Crippen molar-refractivity contribution in [1.29, 1.82) is 0 Å². The molecule has 1 amide bonds. The van der Waals surface area contributed by atoms with Crippen molar-refractivity contribution in [2.75, 3.05) is 41.4 Å². The van der Waals surface area contributed by atoms with Crippen LogP contribution in [0, 0.1) is 15.9 Å². The maximum absolute atomic E-state index is 13.8. The Morgan fingerprint density at radius 3 is 2.41 bits per heavy atom. The van der Waals surface area contributed by atoms with Gasteiger partial charge in [0, 0.05) is 32.4 Å². The monoisotopic (exact) mass is 438 g/mol. The maximum Gasteiger partial charge on any atom is 0.355 e. The molecular formula is C20H19FN8O3. The fraction of sp³-hybridized carbons (Fsp3) is 0.200. The van der Waals surface area contributed by atoms with Gasteiger partial charge in [0.2, 0.25) is 11.6 Å². The third kappa shape index (κ3) is 4.38. The largest absolute Gasteiger partial charge is 0.355 e. The van der Waals surface area contributed by atoms with E-state index in [2.05, 4.69) is 30.7 Å². The maximum atomic E-state index is 13.8. The van der Waals surface area contributed by atoms with E-state index in [0.29, 0.717) is 26.2 Å². The number of nitrogens with one attached hydrogen (secondary N) is 2. The molecule has 1 aromatic carbocycles. The Morgan fingerprint density at radius 1 is 1.00 bits per heavy atom. The predicted molar refractivity (Wildman–Crippen MR) is 115 cm³/mol. The second-order valence-electron chi connectivity index (χ2n) is 6.87. The summed E-state index contributed by atoms with van der Waals surface area (Å²) in [5.74, 6) is -0.732. The van der Waals surface area contributed by atoms with E-state index in [0.717, 1.165) is 11.9 Å². The molecule has 0 spiro atoms. The topological polar surface area (TPSA) is 129 Å². The lowest BCUT2D eigenvalue weighted by Gasteiger charge is -2.35. The van der Waals surface area contributed by atoms with E-state index in [9.17, 15) is 19.3 Å². The summed E-state index contributed by atoms with van der Waals surface area (Å²) >= 11 is 0. The first-order valence-electron chi connectivity index (χ1n) is 9.76. The standard InChI is InChI=1S/C20H19FN8O3/c21-15-6-2-1-5-14(15)20(30)26-25-18-17(29(31)32)19(24-13-23-18)28-11-9-27(10-12-28)16-7-3-4-8-22-16/h1-8,13H,9-12H2,(H,26,30)(H,23,24,25). The molecule has 2 N–H and O–H groups in total. The Hall–Kier alpha value is -4.35. The quantitative estimate of drug-likeness (QED) is 0.438. The lowest BCUT2D eigenvalue weighted by molar-refractivity contribution is -0.383. The van der Waals surface area contributed by atoms with Crippen LogP contribution in [-0.2, 0) is 0 Å². The lowest BCUT2D eigenvalue weighted by atomic mass is 10.2. The Labute approximate surface area is 182 Å². The summed E-state index contributed by atoms with van der Waals surface area (Å²) in [4.78, 5) is 39.6. The zero-order chi connectivity index (χ0) is 22.5. The molecule has 0 saturated carbocycles. The van der Waals surface area contributed by atoms with Gasteiger partial charge in [0.25, 0.3) is 5.91 Å². The zero-order valence-electron chi connectivity index (χ0n) is 16.8. The number of carbonyl (C=O) groups excluding carboxylic acids is 1. The highest BCUT2D eigenvalue weighted by Gasteiger charge is 2.30. The molecule has 0 unspecified atom stereocenters. The Bertz CT molecular complexity index is 1120. The first-order chi connectivity index (χ1) is 15.5. The van der Waals surface area contributed by atoms with Crippen LogP contribution in [0.4, 0.5) is 27.5 Å². The normalized spacial score (nSPS) is 13.5. The van der Waals surface area contributed by atoms with E-state index >= 15 is 0 Å². The van der Waals surface area contributed by atoms with E-state index in [1.54, 1.807) is 11.1 Å². The van der Waals surface area contributed by atoms with Crippen molar-refractivity contribution >= 4 is 29.0 Å². The van der Waals surface area contributed by atoms with E-state index in [1.165, 1.54) is 24.5 Å². The SMILES string of the molecule is O=C(NNc1ncnc(N2CCN(c3ccccn3)CC2)c1[N+](=O)[O-])c1ccccc1F. The van der Waals surface area contributed by atoms with Crippen LogP contribution >= 0.6 is 0 Å². The van der Waals surface area contributed by atoms with Crippen LogP contribution in [0.2, 0.25) is 0 Å². The second kappa shape index (κ2) is 9.20. The highest BCUT2D eigenvalue weighted by atomic mass is 19.1. The first kappa shape index (κ1) is 20.9. The number of nitro groups is 1. The highest BCUT2D eigenvalue weighted by Crippen LogP contribution is 2.32. The molecule has 0 aliphatic carbocycles. The van der Waals surface area contributed by atoms with Crippen LogP contribution in [0.5, 0.6) is 0 Å². The van der Waals surface area contributed by atoms with Gasteiger partial charge in [-0.25, -0.2) is 19.3 Å². The van der Waals surface area contributed by atoms with E-state index in [1.807, 2.05) is 18.2 Å². The van der Waals surface area contributed by atoms with Crippen molar-refractivity contribution in [1.82, 2.24) is 20.4 Å². The number of pyridine rings is 1. The molecule has 164 valence electrons. The number of hydrogen-bond donors (Lipinski definition) is 2. The zero-order valence-corrected chi connectivity index (χ0v) is 16.8. The van der Waals surface area contributed by atoms with Gasteiger partial charge in [-0.15, -0.1) is 0 Å². The van der Waals surface area contributed by atoms with Crippen molar-refractivity contribution in [2.24, 2.45) is 0 Å². The highest BCUT2D eigenvalue weighted by molar-refractivity contribution is 5.95. The number of aromatic nitrogens is 3. The Morgan fingerprint density at radius 2 is 1.72 bits per heavy atom.